The summed E-state index contributed by atoms with van der Waals surface area (Å²) in [5.41, 5.74) is -0.603. The van der Waals surface area contributed by atoms with Crippen LogP contribution in [0.2, 0.25) is 0 Å². The van der Waals surface area contributed by atoms with Crippen LogP contribution in [0.25, 0.3) is 0 Å². The topological polar surface area (TPSA) is 116 Å². The molecule has 9 heteroatoms. The number of nitroso groups, excluding NO2 is 3. The minimum Gasteiger partial charge on any atom is -0.145 e. The van der Waals surface area contributed by atoms with Crippen LogP contribution in [0.5, 0.6) is 0 Å². The van der Waals surface area contributed by atoms with Crippen LogP contribution in [0, 0.1) is 14.7 Å². The van der Waals surface area contributed by atoms with Crippen molar-refractivity contribution in [1.82, 2.24) is 5.12 Å². The van der Waals surface area contributed by atoms with Crippen molar-refractivity contribution in [3.8, 4) is 0 Å². The van der Waals surface area contributed by atoms with E-state index in [2.05, 4.69) is 32.6 Å². The van der Waals surface area contributed by atoms with E-state index in [0.29, 0.717) is 0 Å². The predicted molar refractivity (Wildman–Crippen MR) is 40.2 cm³/mol. The molecule has 0 amide bonds. The van der Waals surface area contributed by atoms with E-state index < -0.39 is 11.5 Å². The largest absolute Gasteiger partial charge is 0.254 e. The van der Waals surface area contributed by atoms with Gasteiger partial charge in [0.25, 0.3) is 5.82 Å². The third kappa shape index (κ3) is 1.34. The molecule has 0 aromatic heterocycles. The Morgan fingerprint density at radius 2 is 1.92 bits per heavy atom. The van der Waals surface area contributed by atoms with Crippen molar-refractivity contribution < 1.29 is 0 Å². The van der Waals surface area contributed by atoms with E-state index >= 15 is 0 Å². The van der Waals surface area contributed by atoms with Gasteiger partial charge in [-0.1, -0.05) is 11.7 Å². The van der Waals surface area contributed by atoms with Crippen LogP contribution in [0.1, 0.15) is 0 Å². The average Bonchev–Trinajstić information content (AvgIpc) is 2.17. The lowest BCUT2D eigenvalue weighted by Gasteiger charge is -2.10. The molecule has 13 heavy (non-hydrogen) atoms. The average molecular weight is 182 g/mol. The quantitative estimate of drug-likeness (QED) is 0.615. The molecule has 0 saturated heterocycles. The molecule has 0 aliphatic carbocycles. The van der Waals surface area contributed by atoms with Gasteiger partial charge in [-0.05, 0) is 15.6 Å². The van der Waals surface area contributed by atoms with Crippen LogP contribution in [-0.4, -0.2) is 5.12 Å². The molecular weight excluding hydrogens is 180 g/mol. The molecule has 0 spiro atoms. The van der Waals surface area contributed by atoms with Gasteiger partial charge in [-0.25, -0.2) is 0 Å². The zero-order valence-corrected chi connectivity index (χ0v) is 6.12. The Kier molecular flexibility index (Phi) is 2.28. The Hall–Kier alpha value is -2.32. The van der Waals surface area contributed by atoms with Gasteiger partial charge in [0.15, 0.2) is 5.70 Å². The van der Waals surface area contributed by atoms with Gasteiger partial charge in [-0.3, -0.25) is 0 Å². The van der Waals surface area contributed by atoms with Crippen LogP contribution in [0.4, 0.5) is 0 Å². The Morgan fingerprint density at radius 1 is 1.23 bits per heavy atom. The van der Waals surface area contributed by atoms with Crippen molar-refractivity contribution >= 4 is 0 Å². The minimum absolute atomic E-state index is 0.149. The van der Waals surface area contributed by atoms with Gasteiger partial charge >= 0.3 is 0 Å². The number of hydrogen-bond donors (Lipinski definition) is 0. The molecule has 1 rings (SSSR count). The van der Waals surface area contributed by atoms with E-state index in [1.54, 1.807) is 0 Å². The van der Waals surface area contributed by atoms with Crippen LogP contribution in [0.3, 0.4) is 0 Å². The third-order valence-corrected chi connectivity index (χ3v) is 1.18. The molecule has 0 bridgehead atoms. The molecule has 0 unspecified atom stereocenters. The molecule has 0 aromatic rings. The standard InChI is InChI=1S/C4H2N6O3/c1-2-3(6-11)4(7-12)10(9-13)8-5-2/h1H2. The second-order valence-electron chi connectivity index (χ2n) is 1.86. The monoisotopic (exact) mass is 182 g/mol. The highest BCUT2D eigenvalue weighted by molar-refractivity contribution is 5.31. The Bertz CT molecular complexity index is 344. The number of nitrogens with zero attached hydrogens (tertiary/aromatic N) is 6. The molecular formula is C4H2N6O3. The summed E-state index contributed by atoms with van der Waals surface area (Å²) in [6.45, 7) is 3.25. The lowest BCUT2D eigenvalue weighted by molar-refractivity contribution is 0.336. The second-order valence-corrected chi connectivity index (χ2v) is 1.86. The molecule has 0 fully saturated rings. The summed E-state index contributed by atoms with van der Waals surface area (Å²) in [6.07, 6.45) is 0. The van der Waals surface area contributed by atoms with Gasteiger partial charge in [0, 0.05) is 0 Å². The minimum atomic E-state index is -0.620. The van der Waals surface area contributed by atoms with Crippen molar-refractivity contribution in [3.05, 3.63) is 38.5 Å². The Morgan fingerprint density at radius 3 is 2.38 bits per heavy atom. The normalized spacial score (nSPS) is 16.0. The van der Waals surface area contributed by atoms with E-state index in [0.717, 1.165) is 0 Å². The van der Waals surface area contributed by atoms with Crippen LogP contribution in [0.15, 0.2) is 49.8 Å². The van der Waals surface area contributed by atoms with Crippen LogP contribution < -0.4 is 0 Å². The molecule has 0 N–H and O–H groups in total. The third-order valence-electron chi connectivity index (χ3n) is 1.18. The highest BCUT2D eigenvalue weighted by Crippen LogP contribution is 2.25. The SMILES string of the molecule is C=C1N=NN(N=O)C(N=O)=C1N=O. The van der Waals surface area contributed by atoms with E-state index in [9.17, 15) is 14.7 Å². The first-order valence-corrected chi connectivity index (χ1v) is 2.90. The molecule has 9 nitrogen and oxygen atoms in total. The Labute approximate surface area is 70.7 Å². The maximum atomic E-state index is 10.2. The maximum Gasteiger partial charge on any atom is 0.254 e. The highest BCUT2D eigenvalue weighted by Gasteiger charge is 2.24. The molecule has 66 valence electrons. The fourth-order valence-corrected chi connectivity index (χ4v) is 0.638. The molecule has 1 aliphatic heterocycles. The van der Waals surface area contributed by atoms with Gasteiger partial charge in [-0.2, -0.15) is 0 Å². The molecule has 0 radical (unpaired) electrons. The predicted octanol–water partition coefficient (Wildman–Crippen LogP) is 1.57. The first kappa shape index (κ1) is 8.77. The highest BCUT2D eigenvalue weighted by atomic mass is 16.3. The van der Waals surface area contributed by atoms with Crippen molar-refractivity contribution in [2.24, 2.45) is 26.0 Å². The molecule has 0 atom stereocenters. The number of rotatable bonds is 3. The summed E-state index contributed by atoms with van der Waals surface area (Å²) in [5, 5.41) is 13.6. The summed E-state index contributed by atoms with van der Waals surface area (Å²) >= 11 is 0. The first-order valence-electron chi connectivity index (χ1n) is 2.90. The molecule has 0 saturated carbocycles. The summed E-state index contributed by atoms with van der Waals surface area (Å²) in [6, 6.07) is 0. The van der Waals surface area contributed by atoms with Crippen molar-refractivity contribution in [1.29, 1.82) is 0 Å². The van der Waals surface area contributed by atoms with Crippen LogP contribution >= 0.6 is 0 Å². The van der Waals surface area contributed by atoms with Gasteiger partial charge in [0.05, 0.1) is 5.29 Å². The second kappa shape index (κ2) is 3.38. The fraction of sp³-hybridized carbons (Fsp3) is 0. The maximum absolute atomic E-state index is 10.2. The van der Waals surface area contributed by atoms with Gasteiger partial charge < -0.3 is 0 Å². The smallest absolute Gasteiger partial charge is 0.145 e. The molecule has 0 aromatic carbocycles. The first-order chi connectivity index (χ1) is 6.24. The molecule has 1 aliphatic rings. The van der Waals surface area contributed by atoms with Crippen molar-refractivity contribution in [2.45, 2.75) is 0 Å². The summed E-state index contributed by atoms with van der Waals surface area (Å²) in [4.78, 5) is 30.3. The van der Waals surface area contributed by atoms with E-state index in [1.165, 1.54) is 0 Å². The van der Waals surface area contributed by atoms with Gasteiger partial charge in [-0.15, -0.1) is 19.8 Å². The van der Waals surface area contributed by atoms with E-state index in [1.807, 2.05) is 0 Å². The van der Waals surface area contributed by atoms with E-state index in [4.69, 9.17) is 0 Å². The lowest BCUT2D eigenvalue weighted by Crippen LogP contribution is -2.12. The zero-order valence-electron chi connectivity index (χ0n) is 6.12. The summed E-state index contributed by atoms with van der Waals surface area (Å²) in [5.74, 6) is -0.620. The van der Waals surface area contributed by atoms with Gasteiger partial charge in [0.1, 0.15) is 5.70 Å². The van der Waals surface area contributed by atoms with Gasteiger partial charge in [0.2, 0.25) is 0 Å². The number of hydrogen-bond acceptors (Lipinski definition) is 8. The molecule has 1 heterocycles. The van der Waals surface area contributed by atoms with Crippen molar-refractivity contribution in [2.75, 3.05) is 0 Å². The van der Waals surface area contributed by atoms with E-state index in [-0.39, 0.29) is 10.8 Å². The fourth-order valence-electron chi connectivity index (χ4n) is 0.638. The zero-order chi connectivity index (χ0) is 9.84. The lowest BCUT2D eigenvalue weighted by atomic mass is 10.3. The summed E-state index contributed by atoms with van der Waals surface area (Å²) in [7, 11) is 0. The van der Waals surface area contributed by atoms with Crippen LogP contribution in [-0.2, 0) is 0 Å². The van der Waals surface area contributed by atoms with Crippen molar-refractivity contribution in [3.63, 3.8) is 0 Å². The summed E-state index contributed by atoms with van der Waals surface area (Å²) < 4.78 is 0. The Balaban J connectivity index is 3.24.